The van der Waals surface area contributed by atoms with E-state index in [9.17, 15) is 4.79 Å². The summed E-state index contributed by atoms with van der Waals surface area (Å²) in [5.41, 5.74) is 6.22. The van der Waals surface area contributed by atoms with Crippen molar-refractivity contribution < 1.29 is 4.79 Å². The first-order valence-corrected chi connectivity index (χ1v) is 12.5. The Bertz CT molecular complexity index is 1520. The lowest BCUT2D eigenvalue weighted by atomic mass is 10.0. The second-order valence-corrected chi connectivity index (χ2v) is 9.59. The summed E-state index contributed by atoms with van der Waals surface area (Å²) in [4.78, 5) is 20.4. The van der Waals surface area contributed by atoms with Crippen LogP contribution in [0.4, 0.5) is 0 Å². The standard InChI is InChI=1S/C31H29N3O/c1-22-12-14-23(15-13-22)21-34-29-20-25(31(35)33-18-5-2-6-19-33)16-17-28(29)32-30(34)27-11-7-9-24-8-3-4-10-26(24)27/h3-4,7-17,20H,2,5-6,18-19,21H2,1H3. The van der Waals surface area contributed by atoms with E-state index in [-0.39, 0.29) is 5.91 Å². The fourth-order valence-corrected chi connectivity index (χ4v) is 5.20. The Hall–Kier alpha value is -3.92. The molecule has 35 heavy (non-hydrogen) atoms. The average Bonchev–Trinajstić information content (AvgIpc) is 3.27. The molecule has 5 aromatic rings. The summed E-state index contributed by atoms with van der Waals surface area (Å²) in [6.07, 6.45) is 3.38. The van der Waals surface area contributed by atoms with Gasteiger partial charge in [-0.15, -0.1) is 0 Å². The minimum Gasteiger partial charge on any atom is -0.339 e. The minimum absolute atomic E-state index is 0.126. The lowest BCUT2D eigenvalue weighted by Gasteiger charge is -2.26. The monoisotopic (exact) mass is 459 g/mol. The van der Waals surface area contributed by atoms with Crippen molar-refractivity contribution in [3.05, 3.63) is 102 Å². The zero-order valence-electron chi connectivity index (χ0n) is 20.1. The number of aromatic nitrogens is 2. The maximum Gasteiger partial charge on any atom is 0.253 e. The number of nitrogens with zero attached hydrogens (tertiary/aromatic N) is 3. The Morgan fingerprint density at radius 3 is 2.46 bits per heavy atom. The van der Waals surface area contributed by atoms with Gasteiger partial charge in [0.25, 0.3) is 5.91 Å². The van der Waals surface area contributed by atoms with Gasteiger partial charge in [0.1, 0.15) is 5.82 Å². The van der Waals surface area contributed by atoms with Gasteiger partial charge in [0.05, 0.1) is 11.0 Å². The Morgan fingerprint density at radius 2 is 1.63 bits per heavy atom. The minimum atomic E-state index is 0.126. The Labute approximate surface area is 205 Å². The van der Waals surface area contributed by atoms with Gasteiger partial charge in [-0.25, -0.2) is 4.98 Å². The third kappa shape index (κ3) is 4.10. The number of aryl methyl sites for hydroxylation is 1. The molecule has 0 aliphatic carbocycles. The molecule has 2 heterocycles. The molecule has 1 aromatic heterocycles. The largest absolute Gasteiger partial charge is 0.339 e. The maximum atomic E-state index is 13.3. The second-order valence-electron chi connectivity index (χ2n) is 9.59. The number of hydrogen-bond donors (Lipinski definition) is 0. The number of benzene rings is 4. The smallest absolute Gasteiger partial charge is 0.253 e. The summed E-state index contributed by atoms with van der Waals surface area (Å²) < 4.78 is 2.27. The lowest BCUT2D eigenvalue weighted by molar-refractivity contribution is 0.0724. The van der Waals surface area contributed by atoms with Crippen LogP contribution in [0.1, 0.15) is 40.7 Å². The number of fused-ring (bicyclic) bond motifs is 2. The van der Waals surface area contributed by atoms with Crippen molar-refractivity contribution in [1.82, 2.24) is 14.5 Å². The van der Waals surface area contributed by atoms with Gasteiger partial charge >= 0.3 is 0 Å². The van der Waals surface area contributed by atoms with Crippen LogP contribution >= 0.6 is 0 Å². The highest BCUT2D eigenvalue weighted by molar-refractivity contribution is 6.00. The molecule has 0 atom stereocenters. The zero-order valence-corrected chi connectivity index (χ0v) is 20.1. The van der Waals surface area contributed by atoms with E-state index in [2.05, 4.69) is 78.2 Å². The van der Waals surface area contributed by atoms with Crippen molar-refractivity contribution >= 4 is 27.7 Å². The number of carbonyl (C=O) groups excluding carboxylic acids is 1. The predicted octanol–water partition coefficient (Wildman–Crippen LogP) is 6.84. The molecular formula is C31H29N3O. The molecule has 0 bridgehead atoms. The first-order chi connectivity index (χ1) is 17.2. The summed E-state index contributed by atoms with van der Waals surface area (Å²) in [7, 11) is 0. The first-order valence-electron chi connectivity index (χ1n) is 12.5. The highest BCUT2D eigenvalue weighted by Crippen LogP contribution is 2.32. The Balaban J connectivity index is 1.52. The third-order valence-electron chi connectivity index (χ3n) is 7.13. The van der Waals surface area contributed by atoms with Gasteiger partial charge in [0.2, 0.25) is 0 Å². The zero-order chi connectivity index (χ0) is 23.8. The van der Waals surface area contributed by atoms with Crippen LogP contribution in [0.3, 0.4) is 0 Å². The molecule has 1 amide bonds. The number of carbonyl (C=O) groups is 1. The maximum absolute atomic E-state index is 13.3. The van der Waals surface area contributed by atoms with Crippen LogP contribution in [0.2, 0.25) is 0 Å². The quantitative estimate of drug-likeness (QED) is 0.295. The molecule has 4 aromatic carbocycles. The SMILES string of the molecule is Cc1ccc(Cn2c(-c3cccc4ccccc34)nc3ccc(C(=O)N4CCCCC4)cc32)cc1. The molecule has 1 aliphatic heterocycles. The summed E-state index contributed by atoms with van der Waals surface area (Å²) in [6.45, 7) is 4.49. The predicted molar refractivity (Wildman–Crippen MR) is 143 cm³/mol. The summed E-state index contributed by atoms with van der Waals surface area (Å²) in [5.74, 6) is 1.06. The van der Waals surface area contributed by atoms with E-state index in [1.165, 1.54) is 28.3 Å². The van der Waals surface area contributed by atoms with Crippen molar-refractivity contribution in [3.63, 3.8) is 0 Å². The van der Waals surface area contributed by atoms with Crippen LogP contribution in [-0.4, -0.2) is 33.4 Å². The summed E-state index contributed by atoms with van der Waals surface area (Å²) >= 11 is 0. The fourth-order valence-electron chi connectivity index (χ4n) is 5.20. The van der Waals surface area contributed by atoms with Crippen molar-refractivity contribution in [3.8, 4) is 11.4 Å². The van der Waals surface area contributed by atoms with E-state index in [1.54, 1.807) is 0 Å². The molecule has 0 radical (unpaired) electrons. The van der Waals surface area contributed by atoms with E-state index < -0.39 is 0 Å². The third-order valence-corrected chi connectivity index (χ3v) is 7.13. The molecule has 0 N–H and O–H groups in total. The van der Waals surface area contributed by atoms with Gasteiger partial charge in [0.15, 0.2) is 0 Å². The Morgan fingerprint density at radius 1 is 0.857 bits per heavy atom. The van der Waals surface area contributed by atoms with Crippen LogP contribution in [0.5, 0.6) is 0 Å². The van der Waals surface area contributed by atoms with Crippen molar-refractivity contribution in [1.29, 1.82) is 0 Å². The number of hydrogen-bond acceptors (Lipinski definition) is 2. The number of likely N-dealkylation sites (tertiary alicyclic amines) is 1. The van der Waals surface area contributed by atoms with Crippen LogP contribution in [0, 0.1) is 6.92 Å². The lowest BCUT2D eigenvalue weighted by Crippen LogP contribution is -2.35. The van der Waals surface area contributed by atoms with Gasteiger partial charge in [-0.3, -0.25) is 4.79 Å². The van der Waals surface area contributed by atoms with Crippen molar-refractivity contribution in [2.24, 2.45) is 0 Å². The van der Waals surface area contributed by atoms with Crippen LogP contribution in [-0.2, 0) is 6.54 Å². The Kier molecular flexibility index (Phi) is 5.57. The normalized spacial score (nSPS) is 14.0. The molecule has 1 fully saturated rings. The number of amides is 1. The van der Waals surface area contributed by atoms with Crippen LogP contribution < -0.4 is 0 Å². The first kappa shape index (κ1) is 21.6. The molecule has 0 saturated carbocycles. The molecule has 1 aliphatic rings. The van der Waals surface area contributed by atoms with Gasteiger partial charge in [-0.2, -0.15) is 0 Å². The number of piperidine rings is 1. The fraction of sp³-hybridized carbons (Fsp3) is 0.226. The van der Waals surface area contributed by atoms with Gasteiger partial charge in [-0.1, -0.05) is 72.3 Å². The highest BCUT2D eigenvalue weighted by atomic mass is 16.2. The van der Waals surface area contributed by atoms with E-state index in [4.69, 9.17) is 4.98 Å². The van der Waals surface area contributed by atoms with Crippen molar-refractivity contribution in [2.75, 3.05) is 13.1 Å². The molecule has 174 valence electrons. The molecule has 1 saturated heterocycles. The van der Waals surface area contributed by atoms with Crippen molar-refractivity contribution in [2.45, 2.75) is 32.7 Å². The van der Waals surface area contributed by atoms with Crippen LogP contribution in [0.25, 0.3) is 33.2 Å². The molecular weight excluding hydrogens is 430 g/mol. The highest BCUT2D eigenvalue weighted by Gasteiger charge is 2.21. The van der Waals surface area contributed by atoms with E-state index in [0.717, 1.165) is 53.9 Å². The van der Waals surface area contributed by atoms with E-state index in [0.29, 0.717) is 6.54 Å². The van der Waals surface area contributed by atoms with Gasteiger partial charge < -0.3 is 9.47 Å². The number of rotatable bonds is 4. The van der Waals surface area contributed by atoms with E-state index in [1.807, 2.05) is 23.1 Å². The van der Waals surface area contributed by atoms with Crippen LogP contribution in [0.15, 0.2) is 84.9 Å². The number of imidazole rings is 1. The molecule has 4 heteroatoms. The topological polar surface area (TPSA) is 38.1 Å². The average molecular weight is 460 g/mol. The second kappa shape index (κ2) is 9.03. The van der Waals surface area contributed by atoms with Gasteiger partial charge in [-0.05, 0) is 60.7 Å². The summed E-state index contributed by atoms with van der Waals surface area (Å²) in [6, 6.07) is 29.5. The molecule has 4 nitrogen and oxygen atoms in total. The van der Waals surface area contributed by atoms with E-state index >= 15 is 0 Å². The van der Waals surface area contributed by atoms with Gasteiger partial charge in [0, 0.05) is 30.8 Å². The molecule has 0 unspecified atom stereocenters. The molecule has 0 spiro atoms. The molecule has 6 rings (SSSR count). The summed E-state index contributed by atoms with van der Waals surface area (Å²) in [5, 5.41) is 2.37.